The first-order valence-electron chi connectivity index (χ1n) is 8.32. The number of nitrogens with one attached hydrogen (secondary N) is 2. The number of hydrogen-bond donors (Lipinski definition) is 2. The van der Waals surface area contributed by atoms with Crippen LogP contribution in [-0.2, 0) is 0 Å². The third kappa shape index (κ3) is 8.24. The molecule has 0 aromatic heterocycles. The Morgan fingerprint density at radius 3 is 1.96 bits per heavy atom. The predicted molar refractivity (Wildman–Crippen MR) is 109 cm³/mol. The van der Waals surface area contributed by atoms with Crippen LogP contribution in [0.1, 0.15) is 5.56 Å². The Kier molecular flexibility index (Phi) is 8.18. The van der Waals surface area contributed by atoms with Crippen LogP contribution in [0.15, 0.2) is 121 Å². The zero-order chi connectivity index (χ0) is 17.6. The molecule has 2 N–H and O–H groups in total. The first-order chi connectivity index (χ1) is 12.3. The standard InChI is InChI=1S/C23H24N2/c1-21-15-11-9-10-14-18-23(20-19-21)25-24-22-16-12-7-5-3-2-4-6-8-13-17-22/h2-20,24-25H,1H3/b3-2-,4-2?,5-3?,6-4-,7-5-,8-6?,10-9?,11-9?,12-7?,13-8-,14-10?,15-11?,16-12?,17-13?,18-14?,20-19?,21-15?,21-19?,22-16?,22-17?,23-18?,23-20?. The SMILES string of the molecule is Cc1ccccccc(NNC2=C\C=C/C=C\C=C/C=C\C=C2)cc1. The van der Waals surface area contributed by atoms with Crippen LogP contribution in [0.25, 0.3) is 0 Å². The molecule has 0 aliphatic heterocycles. The lowest BCUT2D eigenvalue weighted by molar-refractivity contribution is 0.999. The molecule has 0 heterocycles. The first kappa shape index (κ1) is 18.1. The highest BCUT2D eigenvalue weighted by Gasteiger charge is 1.90. The summed E-state index contributed by atoms with van der Waals surface area (Å²) in [6, 6.07) is 16.3. The van der Waals surface area contributed by atoms with Crippen LogP contribution in [0.4, 0.5) is 5.69 Å². The van der Waals surface area contributed by atoms with Crippen LogP contribution >= 0.6 is 0 Å². The summed E-state index contributed by atoms with van der Waals surface area (Å²) in [6.45, 7) is 2.08. The molecule has 1 aromatic rings. The van der Waals surface area contributed by atoms with Crippen LogP contribution < -0.4 is 10.9 Å². The van der Waals surface area contributed by atoms with E-state index in [0.29, 0.717) is 0 Å². The van der Waals surface area contributed by atoms with E-state index in [9.17, 15) is 0 Å². The summed E-state index contributed by atoms with van der Waals surface area (Å²) in [5.74, 6) is 0. The van der Waals surface area contributed by atoms with Crippen molar-refractivity contribution >= 4 is 5.69 Å². The van der Waals surface area contributed by atoms with E-state index in [2.05, 4.69) is 29.9 Å². The molecular weight excluding hydrogens is 304 g/mol. The maximum atomic E-state index is 3.25. The summed E-state index contributed by atoms with van der Waals surface area (Å²) in [7, 11) is 0. The number of aryl methyl sites for hydroxylation is 1. The largest absolute Gasteiger partial charge is 0.301 e. The van der Waals surface area contributed by atoms with Crippen LogP contribution in [0.2, 0.25) is 0 Å². The van der Waals surface area contributed by atoms with E-state index < -0.39 is 0 Å². The second-order valence-corrected chi connectivity index (χ2v) is 5.41. The molecule has 0 atom stereocenters. The van der Waals surface area contributed by atoms with Crippen molar-refractivity contribution in [1.29, 1.82) is 0 Å². The summed E-state index contributed by atoms with van der Waals surface area (Å²) in [5.41, 5.74) is 9.63. The van der Waals surface area contributed by atoms with Gasteiger partial charge in [0.05, 0.1) is 11.4 Å². The van der Waals surface area contributed by atoms with Crippen molar-refractivity contribution in [2.45, 2.75) is 6.92 Å². The Morgan fingerprint density at radius 2 is 1.20 bits per heavy atom. The zero-order valence-corrected chi connectivity index (χ0v) is 14.5. The lowest BCUT2D eigenvalue weighted by Crippen LogP contribution is -2.19. The van der Waals surface area contributed by atoms with Gasteiger partial charge in [0.15, 0.2) is 0 Å². The van der Waals surface area contributed by atoms with Gasteiger partial charge in [0, 0.05) is 0 Å². The lowest BCUT2D eigenvalue weighted by Gasteiger charge is -2.09. The average molecular weight is 328 g/mol. The van der Waals surface area contributed by atoms with E-state index >= 15 is 0 Å². The highest BCUT2D eigenvalue weighted by Crippen LogP contribution is 2.04. The number of hydrogen-bond acceptors (Lipinski definition) is 2. The summed E-state index contributed by atoms with van der Waals surface area (Å²) >= 11 is 0. The van der Waals surface area contributed by atoms with Gasteiger partial charge in [0.1, 0.15) is 0 Å². The predicted octanol–water partition coefficient (Wildman–Crippen LogP) is 5.71. The molecule has 126 valence electrons. The van der Waals surface area contributed by atoms with Gasteiger partial charge in [0.2, 0.25) is 0 Å². The van der Waals surface area contributed by atoms with E-state index in [1.165, 1.54) is 5.56 Å². The molecule has 1 aliphatic rings. The quantitative estimate of drug-likeness (QED) is 0.694. The highest BCUT2D eigenvalue weighted by atomic mass is 15.4. The van der Waals surface area contributed by atoms with Crippen molar-refractivity contribution in [2.24, 2.45) is 0 Å². The molecule has 0 radical (unpaired) electrons. The van der Waals surface area contributed by atoms with Crippen LogP contribution in [-0.4, -0.2) is 0 Å². The number of allylic oxidation sites excluding steroid dienone is 11. The maximum absolute atomic E-state index is 3.25. The molecule has 0 saturated carbocycles. The molecule has 0 fully saturated rings. The average Bonchev–Trinajstić information content (AvgIpc) is 2.61. The van der Waals surface area contributed by atoms with Gasteiger partial charge in [-0.25, -0.2) is 0 Å². The Bertz CT molecular complexity index is 776. The molecule has 0 bridgehead atoms. The van der Waals surface area contributed by atoms with Gasteiger partial charge < -0.3 is 10.9 Å². The molecule has 0 amide bonds. The maximum Gasteiger partial charge on any atom is 0.0539 e. The topological polar surface area (TPSA) is 24.1 Å². The molecule has 2 heteroatoms. The van der Waals surface area contributed by atoms with E-state index in [1.807, 2.05) is 103 Å². The molecular formula is C23H24N2. The fraction of sp³-hybridized carbons (Fsp3) is 0.0435. The fourth-order valence-electron chi connectivity index (χ4n) is 1.96. The van der Waals surface area contributed by atoms with Crippen LogP contribution in [0.3, 0.4) is 0 Å². The molecule has 0 spiro atoms. The number of rotatable bonds is 3. The highest BCUT2D eigenvalue weighted by molar-refractivity contribution is 5.42. The minimum absolute atomic E-state index is 0.960. The Hall–Kier alpha value is -3.26. The Labute approximate surface area is 150 Å². The van der Waals surface area contributed by atoms with Gasteiger partial charge in [0.25, 0.3) is 0 Å². The molecule has 2 nitrogen and oxygen atoms in total. The Balaban J connectivity index is 2.15. The third-order valence-corrected chi connectivity index (χ3v) is 3.29. The van der Waals surface area contributed by atoms with E-state index in [4.69, 9.17) is 0 Å². The molecule has 0 saturated heterocycles. The normalized spacial score (nSPS) is 18.4. The second kappa shape index (κ2) is 11.3. The van der Waals surface area contributed by atoms with E-state index in [-0.39, 0.29) is 0 Å². The number of hydrazine groups is 1. The van der Waals surface area contributed by atoms with Crippen molar-refractivity contribution in [3.05, 3.63) is 127 Å². The minimum atomic E-state index is 0.960. The van der Waals surface area contributed by atoms with Crippen LogP contribution in [0, 0.1) is 6.92 Å². The summed E-state index contributed by atoms with van der Waals surface area (Å²) in [6.07, 6.45) is 22.0. The summed E-state index contributed by atoms with van der Waals surface area (Å²) in [4.78, 5) is 0. The van der Waals surface area contributed by atoms with Crippen molar-refractivity contribution in [2.75, 3.05) is 5.43 Å². The van der Waals surface area contributed by atoms with E-state index in [1.54, 1.807) is 0 Å². The second-order valence-electron chi connectivity index (χ2n) is 5.41. The summed E-state index contributed by atoms with van der Waals surface area (Å²) in [5, 5.41) is 0. The van der Waals surface area contributed by atoms with E-state index in [0.717, 1.165) is 11.4 Å². The molecule has 1 aromatic carbocycles. The number of anilines is 1. The first-order valence-corrected chi connectivity index (χ1v) is 8.32. The Morgan fingerprint density at radius 1 is 0.560 bits per heavy atom. The molecule has 1 aliphatic carbocycles. The van der Waals surface area contributed by atoms with Gasteiger partial charge in [-0.15, -0.1) is 0 Å². The van der Waals surface area contributed by atoms with Crippen molar-refractivity contribution in [3.8, 4) is 0 Å². The summed E-state index contributed by atoms with van der Waals surface area (Å²) < 4.78 is 0. The van der Waals surface area contributed by atoms with Crippen molar-refractivity contribution < 1.29 is 0 Å². The van der Waals surface area contributed by atoms with Crippen LogP contribution in [0.5, 0.6) is 0 Å². The smallest absolute Gasteiger partial charge is 0.0539 e. The molecule has 25 heavy (non-hydrogen) atoms. The minimum Gasteiger partial charge on any atom is -0.301 e. The van der Waals surface area contributed by atoms with Crippen molar-refractivity contribution in [3.63, 3.8) is 0 Å². The fourth-order valence-corrected chi connectivity index (χ4v) is 1.96. The lowest BCUT2D eigenvalue weighted by atomic mass is 10.2. The monoisotopic (exact) mass is 328 g/mol. The van der Waals surface area contributed by atoms with Gasteiger partial charge >= 0.3 is 0 Å². The third-order valence-electron chi connectivity index (χ3n) is 3.29. The zero-order valence-electron chi connectivity index (χ0n) is 14.5. The van der Waals surface area contributed by atoms with Crippen molar-refractivity contribution in [1.82, 2.24) is 5.43 Å². The van der Waals surface area contributed by atoms with Gasteiger partial charge in [-0.05, 0) is 31.2 Å². The molecule has 0 unspecified atom stereocenters. The van der Waals surface area contributed by atoms with Gasteiger partial charge in [-0.2, -0.15) is 0 Å². The van der Waals surface area contributed by atoms with Gasteiger partial charge in [-0.3, -0.25) is 0 Å². The van der Waals surface area contributed by atoms with Gasteiger partial charge in [-0.1, -0.05) is 96.6 Å². The molecule has 2 rings (SSSR count).